The average molecular weight is 298 g/mol. The van der Waals surface area contributed by atoms with Gasteiger partial charge in [-0.1, -0.05) is 0 Å². The first kappa shape index (κ1) is 9.87. The molecule has 1 unspecified atom stereocenters. The molecule has 1 atom stereocenters. The first-order chi connectivity index (χ1) is 5.59. The van der Waals surface area contributed by atoms with Crippen molar-refractivity contribution in [3.63, 3.8) is 0 Å². The standard InChI is InChI=1S/C6H7IN2O2S/c7-4-2-9-5(12-4)1-3(8)6(10)11/h2-3H,1,8H2,(H,10,11). The van der Waals surface area contributed by atoms with Gasteiger partial charge in [0.1, 0.15) is 6.04 Å². The molecule has 0 aromatic carbocycles. The van der Waals surface area contributed by atoms with Crippen LogP contribution in [0.15, 0.2) is 6.20 Å². The molecular weight excluding hydrogens is 291 g/mol. The lowest BCUT2D eigenvalue weighted by molar-refractivity contribution is -0.138. The molecule has 0 radical (unpaired) electrons. The van der Waals surface area contributed by atoms with Gasteiger partial charge in [0.25, 0.3) is 0 Å². The fourth-order valence-corrected chi connectivity index (χ4v) is 2.26. The summed E-state index contributed by atoms with van der Waals surface area (Å²) in [5, 5.41) is 9.27. The molecule has 0 spiro atoms. The fourth-order valence-electron chi connectivity index (χ4n) is 0.658. The maximum Gasteiger partial charge on any atom is 0.320 e. The topological polar surface area (TPSA) is 76.2 Å². The lowest BCUT2D eigenvalue weighted by Gasteiger charge is -2.01. The summed E-state index contributed by atoms with van der Waals surface area (Å²) in [5.74, 6) is -0.986. The average Bonchev–Trinajstić information content (AvgIpc) is 2.35. The lowest BCUT2D eigenvalue weighted by Crippen LogP contribution is -2.32. The molecule has 1 heterocycles. The molecule has 0 saturated carbocycles. The first-order valence-electron chi connectivity index (χ1n) is 3.18. The molecule has 3 N–H and O–H groups in total. The van der Waals surface area contributed by atoms with Gasteiger partial charge in [0, 0.05) is 6.42 Å². The largest absolute Gasteiger partial charge is 0.480 e. The van der Waals surface area contributed by atoms with Gasteiger partial charge in [0.15, 0.2) is 0 Å². The van der Waals surface area contributed by atoms with Crippen LogP contribution < -0.4 is 5.73 Å². The molecule has 0 saturated heterocycles. The smallest absolute Gasteiger partial charge is 0.320 e. The Kier molecular flexibility index (Phi) is 3.41. The summed E-state index contributed by atoms with van der Waals surface area (Å²) in [6.07, 6.45) is 2.01. The third-order valence-corrected chi connectivity index (χ3v) is 2.98. The van der Waals surface area contributed by atoms with E-state index in [0.717, 1.165) is 7.89 Å². The third kappa shape index (κ3) is 2.68. The summed E-state index contributed by atoms with van der Waals surface area (Å²) in [7, 11) is 0. The van der Waals surface area contributed by atoms with Crippen molar-refractivity contribution in [3.05, 3.63) is 14.1 Å². The van der Waals surface area contributed by atoms with Gasteiger partial charge >= 0.3 is 5.97 Å². The zero-order chi connectivity index (χ0) is 9.14. The maximum atomic E-state index is 10.4. The highest BCUT2D eigenvalue weighted by Gasteiger charge is 2.13. The van der Waals surface area contributed by atoms with E-state index in [1.54, 1.807) is 6.20 Å². The zero-order valence-corrected chi connectivity index (χ0v) is 9.00. The summed E-state index contributed by atoms with van der Waals surface area (Å²) in [6.45, 7) is 0. The molecule has 0 aliphatic rings. The van der Waals surface area contributed by atoms with Crippen LogP contribution >= 0.6 is 33.9 Å². The van der Waals surface area contributed by atoms with Gasteiger partial charge in [-0.05, 0) is 22.6 Å². The number of nitrogens with two attached hydrogens (primary N) is 1. The van der Waals surface area contributed by atoms with Gasteiger partial charge in [0.2, 0.25) is 0 Å². The Labute approximate surface area is 86.9 Å². The molecule has 0 bridgehead atoms. The quantitative estimate of drug-likeness (QED) is 0.806. The van der Waals surface area contributed by atoms with Crippen molar-refractivity contribution in [1.29, 1.82) is 0 Å². The van der Waals surface area contributed by atoms with Crippen molar-refractivity contribution in [2.45, 2.75) is 12.5 Å². The Morgan fingerprint density at radius 2 is 2.58 bits per heavy atom. The van der Waals surface area contributed by atoms with Gasteiger partial charge in [-0.2, -0.15) is 0 Å². The van der Waals surface area contributed by atoms with Crippen LogP contribution in [0.4, 0.5) is 0 Å². The minimum atomic E-state index is -0.986. The number of hydrogen-bond acceptors (Lipinski definition) is 4. The van der Waals surface area contributed by atoms with E-state index in [0.29, 0.717) is 6.42 Å². The highest BCUT2D eigenvalue weighted by Crippen LogP contribution is 2.15. The normalized spacial score (nSPS) is 12.8. The zero-order valence-electron chi connectivity index (χ0n) is 6.03. The van der Waals surface area contributed by atoms with Gasteiger partial charge < -0.3 is 10.8 Å². The van der Waals surface area contributed by atoms with E-state index in [1.165, 1.54) is 11.3 Å². The predicted octanol–water partition coefficient (Wildman–Crippen LogP) is 0.702. The van der Waals surface area contributed by atoms with Crippen LogP contribution in [0.1, 0.15) is 5.01 Å². The van der Waals surface area contributed by atoms with Crippen LogP contribution in [0.2, 0.25) is 0 Å². The number of halogens is 1. The Hall–Kier alpha value is -0.210. The molecule has 4 nitrogen and oxygen atoms in total. The molecule has 66 valence electrons. The van der Waals surface area contributed by atoms with Crippen LogP contribution in [-0.4, -0.2) is 22.1 Å². The number of hydrogen-bond donors (Lipinski definition) is 2. The van der Waals surface area contributed by atoms with Crippen LogP contribution in [0.25, 0.3) is 0 Å². The lowest BCUT2D eigenvalue weighted by atomic mass is 10.2. The molecule has 1 aromatic rings. The summed E-state index contributed by atoms with van der Waals surface area (Å²) < 4.78 is 1.04. The van der Waals surface area contributed by atoms with Crippen molar-refractivity contribution in [2.75, 3.05) is 0 Å². The Bertz CT molecular complexity index is 289. The van der Waals surface area contributed by atoms with E-state index >= 15 is 0 Å². The summed E-state index contributed by atoms with van der Waals surface area (Å²) in [4.78, 5) is 14.4. The van der Waals surface area contributed by atoms with E-state index in [9.17, 15) is 4.79 Å². The second-order valence-electron chi connectivity index (χ2n) is 2.21. The van der Waals surface area contributed by atoms with Crippen molar-refractivity contribution in [2.24, 2.45) is 5.73 Å². The van der Waals surface area contributed by atoms with Crippen LogP contribution in [0, 0.1) is 2.88 Å². The highest BCUT2D eigenvalue weighted by atomic mass is 127. The van der Waals surface area contributed by atoms with E-state index in [1.807, 2.05) is 0 Å². The number of aliphatic carboxylic acids is 1. The molecule has 0 aliphatic heterocycles. The molecule has 0 fully saturated rings. The fraction of sp³-hybridized carbons (Fsp3) is 0.333. The predicted molar refractivity (Wildman–Crippen MR) is 54.1 cm³/mol. The number of nitrogens with zero attached hydrogens (tertiary/aromatic N) is 1. The van der Waals surface area contributed by atoms with Crippen LogP contribution in [-0.2, 0) is 11.2 Å². The Morgan fingerprint density at radius 3 is 3.00 bits per heavy atom. The van der Waals surface area contributed by atoms with Gasteiger partial charge in [-0.15, -0.1) is 11.3 Å². The van der Waals surface area contributed by atoms with Crippen molar-refractivity contribution in [1.82, 2.24) is 4.98 Å². The summed E-state index contributed by atoms with van der Waals surface area (Å²) in [6, 6.07) is -0.841. The second kappa shape index (κ2) is 4.15. The van der Waals surface area contributed by atoms with Gasteiger partial charge in [-0.3, -0.25) is 4.79 Å². The van der Waals surface area contributed by atoms with Crippen molar-refractivity contribution >= 4 is 39.9 Å². The molecule has 0 amide bonds. The SMILES string of the molecule is NC(Cc1ncc(I)s1)C(=O)O. The number of carboxylic acid groups (broad SMARTS) is 1. The molecule has 1 aromatic heterocycles. The number of aromatic nitrogens is 1. The summed E-state index contributed by atoms with van der Waals surface area (Å²) in [5.41, 5.74) is 5.32. The Morgan fingerprint density at radius 1 is 1.92 bits per heavy atom. The minimum absolute atomic E-state index is 0.309. The monoisotopic (exact) mass is 298 g/mol. The third-order valence-electron chi connectivity index (χ3n) is 1.24. The highest BCUT2D eigenvalue weighted by molar-refractivity contribution is 14.1. The molecule has 6 heteroatoms. The molecule has 12 heavy (non-hydrogen) atoms. The molecule has 0 aliphatic carbocycles. The van der Waals surface area contributed by atoms with E-state index in [4.69, 9.17) is 10.8 Å². The minimum Gasteiger partial charge on any atom is -0.480 e. The molecule has 1 rings (SSSR count). The van der Waals surface area contributed by atoms with E-state index in [2.05, 4.69) is 27.6 Å². The van der Waals surface area contributed by atoms with Crippen molar-refractivity contribution < 1.29 is 9.90 Å². The number of carboxylic acids is 1. The number of carbonyl (C=O) groups is 1. The van der Waals surface area contributed by atoms with Gasteiger partial charge in [-0.25, -0.2) is 4.98 Å². The number of thiazole rings is 1. The second-order valence-corrected chi connectivity index (χ2v) is 5.22. The van der Waals surface area contributed by atoms with E-state index < -0.39 is 12.0 Å². The first-order valence-corrected chi connectivity index (χ1v) is 5.07. The van der Waals surface area contributed by atoms with Gasteiger partial charge in [0.05, 0.1) is 14.1 Å². The van der Waals surface area contributed by atoms with E-state index in [-0.39, 0.29) is 0 Å². The number of rotatable bonds is 3. The Balaban J connectivity index is 2.58. The molecular formula is C6H7IN2O2S. The van der Waals surface area contributed by atoms with Crippen LogP contribution in [0.3, 0.4) is 0 Å². The maximum absolute atomic E-state index is 10.4. The van der Waals surface area contributed by atoms with Crippen LogP contribution in [0.5, 0.6) is 0 Å². The summed E-state index contributed by atoms with van der Waals surface area (Å²) >= 11 is 3.60. The van der Waals surface area contributed by atoms with Crippen molar-refractivity contribution in [3.8, 4) is 0 Å².